The van der Waals surface area contributed by atoms with Gasteiger partial charge in [0, 0.05) is 11.2 Å². The summed E-state index contributed by atoms with van der Waals surface area (Å²) in [6, 6.07) is 3.08. The van der Waals surface area contributed by atoms with Gasteiger partial charge in [0.25, 0.3) is 0 Å². The molecule has 12 heavy (non-hydrogen) atoms. The molecule has 0 saturated heterocycles. The molecule has 0 fully saturated rings. The van der Waals surface area contributed by atoms with Gasteiger partial charge in [0.05, 0.1) is 0 Å². The summed E-state index contributed by atoms with van der Waals surface area (Å²) in [7, 11) is -1.69. The highest BCUT2D eigenvalue weighted by atomic mass is 16.4. The van der Waals surface area contributed by atoms with Crippen LogP contribution >= 0.6 is 0 Å². The fraction of sp³-hybridized carbons (Fsp3) is 0.286. The zero-order chi connectivity index (χ0) is 9.14. The maximum atomic E-state index is 11.1. The SMILES string of the molecule is CCc1ccc(B(O)O)c(=O)[nH]1. The summed E-state index contributed by atoms with van der Waals surface area (Å²) in [5, 5.41) is 17.4. The van der Waals surface area contributed by atoms with Crippen molar-refractivity contribution in [1.29, 1.82) is 0 Å². The molecule has 0 amide bonds. The molecule has 0 saturated carbocycles. The highest BCUT2D eigenvalue weighted by Gasteiger charge is 2.14. The maximum absolute atomic E-state index is 11.1. The lowest BCUT2D eigenvalue weighted by Gasteiger charge is -1.99. The smallest absolute Gasteiger partial charge is 0.423 e. The average molecular weight is 167 g/mol. The van der Waals surface area contributed by atoms with E-state index >= 15 is 0 Å². The first-order valence-corrected chi connectivity index (χ1v) is 3.73. The maximum Gasteiger partial charge on any atom is 0.494 e. The molecule has 0 bridgehead atoms. The van der Waals surface area contributed by atoms with Crippen LogP contribution in [0.1, 0.15) is 12.6 Å². The van der Waals surface area contributed by atoms with E-state index in [1.165, 1.54) is 6.07 Å². The predicted molar refractivity (Wildman–Crippen MR) is 46.3 cm³/mol. The molecule has 1 aromatic heterocycles. The van der Waals surface area contributed by atoms with Crippen LogP contribution in [0.15, 0.2) is 16.9 Å². The second kappa shape index (κ2) is 3.56. The van der Waals surface area contributed by atoms with Crippen molar-refractivity contribution in [2.24, 2.45) is 0 Å². The minimum atomic E-state index is -1.69. The molecular weight excluding hydrogens is 157 g/mol. The van der Waals surface area contributed by atoms with Gasteiger partial charge < -0.3 is 15.0 Å². The van der Waals surface area contributed by atoms with Gasteiger partial charge in [-0.15, -0.1) is 0 Å². The molecule has 0 aliphatic rings. The highest BCUT2D eigenvalue weighted by Crippen LogP contribution is 1.88. The van der Waals surface area contributed by atoms with E-state index in [0.29, 0.717) is 0 Å². The van der Waals surface area contributed by atoms with Crippen molar-refractivity contribution >= 4 is 12.6 Å². The molecule has 0 unspecified atom stereocenters. The number of pyridine rings is 1. The Hall–Kier alpha value is -1.07. The van der Waals surface area contributed by atoms with Crippen LogP contribution in [0.2, 0.25) is 0 Å². The Morgan fingerprint density at radius 1 is 1.50 bits per heavy atom. The first-order chi connectivity index (χ1) is 5.65. The number of aromatic amines is 1. The Morgan fingerprint density at radius 3 is 2.58 bits per heavy atom. The van der Waals surface area contributed by atoms with E-state index < -0.39 is 12.7 Å². The topological polar surface area (TPSA) is 73.3 Å². The minimum absolute atomic E-state index is 0.0211. The first-order valence-electron chi connectivity index (χ1n) is 3.73. The predicted octanol–water partition coefficient (Wildman–Crippen LogP) is -1.38. The van der Waals surface area contributed by atoms with Gasteiger partial charge in [0.2, 0.25) is 5.56 Å². The molecule has 3 N–H and O–H groups in total. The zero-order valence-corrected chi connectivity index (χ0v) is 6.74. The van der Waals surface area contributed by atoms with E-state index in [-0.39, 0.29) is 5.46 Å². The summed E-state index contributed by atoms with van der Waals surface area (Å²) >= 11 is 0. The molecule has 64 valence electrons. The van der Waals surface area contributed by atoms with Gasteiger partial charge in [0.15, 0.2) is 0 Å². The molecule has 0 aliphatic heterocycles. The molecule has 1 aromatic rings. The summed E-state index contributed by atoms with van der Waals surface area (Å²) in [5.74, 6) is 0. The molecule has 1 heterocycles. The van der Waals surface area contributed by atoms with Gasteiger partial charge in [-0.3, -0.25) is 4.79 Å². The molecule has 0 aliphatic carbocycles. The Labute approximate surface area is 70.0 Å². The summed E-state index contributed by atoms with van der Waals surface area (Å²) < 4.78 is 0. The van der Waals surface area contributed by atoms with E-state index in [4.69, 9.17) is 10.0 Å². The van der Waals surface area contributed by atoms with Crippen LogP contribution in [-0.4, -0.2) is 22.2 Å². The second-order valence-corrected chi connectivity index (χ2v) is 2.50. The van der Waals surface area contributed by atoms with E-state index in [1.54, 1.807) is 6.07 Å². The van der Waals surface area contributed by atoms with Gasteiger partial charge in [0.1, 0.15) is 0 Å². The summed E-state index contributed by atoms with van der Waals surface area (Å²) in [4.78, 5) is 13.6. The monoisotopic (exact) mass is 167 g/mol. The van der Waals surface area contributed by atoms with Gasteiger partial charge in [-0.1, -0.05) is 13.0 Å². The third kappa shape index (κ3) is 1.75. The largest absolute Gasteiger partial charge is 0.494 e. The number of H-pyrrole nitrogens is 1. The summed E-state index contributed by atoms with van der Waals surface area (Å²) in [5.41, 5.74) is 0.320. The lowest BCUT2D eigenvalue weighted by molar-refractivity contribution is 0.425. The third-order valence-electron chi connectivity index (χ3n) is 1.66. The van der Waals surface area contributed by atoms with Crippen molar-refractivity contribution in [2.75, 3.05) is 0 Å². The van der Waals surface area contributed by atoms with Crippen LogP contribution in [0.5, 0.6) is 0 Å². The van der Waals surface area contributed by atoms with E-state index in [1.807, 2.05) is 6.92 Å². The van der Waals surface area contributed by atoms with Crippen molar-refractivity contribution in [3.8, 4) is 0 Å². The van der Waals surface area contributed by atoms with Crippen molar-refractivity contribution in [3.63, 3.8) is 0 Å². The molecule has 4 nitrogen and oxygen atoms in total. The zero-order valence-electron chi connectivity index (χ0n) is 6.74. The molecule has 0 spiro atoms. The summed E-state index contributed by atoms with van der Waals surface area (Å²) in [6.45, 7) is 1.90. The fourth-order valence-corrected chi connectivity index (χ4v) is 0.935. The minimum Gasteiger partial charge on any atom is -0.423 e. The first kappa shape index (κ1) is 9.03. The van der Waals surface area contributed by atoms with Gasteiger partial charge in [-0.05, 0) is 12.5 Å². The number of aromatic nitrogens is 1. The van der Waals surface area contributed by atoms with Gasteiger partial charge in [-0.2, -0.15) is 0 Å². The number of hydrogen-bond acceptors (Lipinski definition) is 3. The molecule has 1 rings (SSSR count). The van der Waals surface area contributed by atoms with Crippen LogP contribution in [0.4, 0.5) is 0 Å². The molecular formula is C7H10BNO3. The fourth-order valence-electron chi connectivity index (χ4n) is 0.935. The Morgan fingerprint density at radius 2 is 2.17 bits per heavy atom. The Bertz CT molecular complexity index is 321. The molecule has 0 atom stereocenters. The standard InChI is InChI=1S/C7H10BNO3/c1-2-5-3-4-6(8(11)12)7(10)9-5/h3-4,11-12H,2H2,1H3,(H,9,10). The van der Waals surface area contributed by atoms with Crippen LogP contribution in [0.25, 0.3) is 0 Å². The summed E-state index contributed by atoms with van der Waals surface area (Å²) in [6.07, 6.45) is 0.719. The van der Waals surface area contributed by atoms with Crippen molar-refractivity contribution in [2.45, 2.75) is 13.3 Å². The molecule has 5 heteroatoms. The number of hydrogen-bond donors (Lipinski definition) is 3. The average Bonchev–Trinajstić information content (AvgIpc) is 2.03. The van der Waals surface area contributed by atoms with E-state index in [9.17, 15) is 4.79 Å². The van der Waals surface area contributed by atoms with E-state index in [2.05, 4.69) is 4.98 Å². The number of nitrogens with one attached hydrogen (secondary N) is 1. The highest BCUT2D eigenvalue weighted by molar-refractivity contribution is 6.58. The van der Waals surface area contributed by atoms with Crippen LogP contribution in [0.3, 0.4) is 0 Å². The molecule has 0 aromatic carbocycles. The van der Waals surface area contributed by atoms with Crippen molar-refractivity contribution < 1.29 is 10.0 Å². The van der Waals surface area contributed by atoms with Crippen LogP contribution in [0, 0.1) is 0 Å². The van der Waals surface area contributed by atoms with E-state index in [0.717, 1.165) is 12.1 Å². The number of aryl methyl sites for hydroxylation is 1. The Kier molecular flexibility index (Phi) is 2.67. The Balaban J connectivity index is 3.12. The third-order valence-corrected chi connectivity index (χ3v) is 1.66. The van der Waals surface area contributed by atoms with Crippen LogP contribution in [-0.2, 0) is 6.42 Å². The van der Waals surface area contributed by atoms with Crippen LogP contribution < -0.4 is 11.0 Å². The lowest BCUT2D eigenvalue weighted by Crippen LogP contribution is -2.42. The lowest BCUT2D eigenvalue weighted by atomic mass is 9.81. The quantitative estimate of drug-likeness (QED) is 0.475. The van der Waals surface area contributed by atoms with Crippen molar-refractivity contribution in [3.05, 3.63) is 28.2 Å². The number of rotatable bonds is 2. The van der Waals surface area contributed by atoms with Gasteiger partial charge >= 0.3 is 7.12 Å². The van der Waals surface area contributed by atoms with Crippen molar-refractivity contribution in [1.82, 2.24) is 4.98 Å². The molecule has 0 radical (unpaired) electrons. The second-order valence-electron chi connectivity index (χ2n) is 2.50. The van der Waals surface area contributed by atoms with Gasteiger partial charge in [-0.25, -0.2) is 0 Å². The normalized spacial score (nSPS) is 9.92.